The highest BCUT2D eigenvalue weighted by molar-refractivity contribution is 6.30. The number of carbonyl (C=O) groups excluding carboxylic acids is 1. The third-order valence-corrected chi connectivity index (χ3v) is 5.80. The molecule has 8 nitrogen and oxygen atoms in total. The largest absolute Gasteiger partial charge is 0.415 e. The van der Waals surface area contributed by atoms with Crippen LogP contribution in [-0.2, 0) is 6.54 Å². The normalized spacial score (nSPS) is 15.0. The van der Waals surface area contributed by atoms with Crippen molar-refractivity contribution in [3.8, 4) is 11.5 Å². The van der Waals surface area contributed by atoms with Gasteiger partial charge in [0.15, 0.2) is 0 Å². The summed E-state index contributed by atoms with van der Waals surface area (Å²) in [5, 5.41) is 18.7. The van der Waals surface area contributed by atoms with Crippen molar-refractivity contribution in [3.63, 3.8) is 0 Å². The molecule has 0 fully saturated rings. The van der Waals surface area contributed by atoms with Crippen LogP contribution in [-0.4, -0.2) is 36.1 Å². The van der Waals surface area contributed by atoms with E-state index in [0.717, 1.165) is 0 Å². The van der Waals surface area contributed by atoms with Crippen molar-refractivity contribution in [1.29, 1.82) is 0 Å². The number of aromatic nitrogens is 4. The maximum absolute atomic E-state index is 13.5. The van der Waals surface area contributed by atoms with E-state index < -0.39 is 24.5 Å². The number of aliphatic hydroxyl groups is 1. The average Bonchev–Trinajstić information content (AvgIpc) is 3.46. The van der Waals surface area contributed by atoms with E-state index in [2.05, 4.69) is 20.2 Å². The van der Waals surface area contributed by atoms with Crippen molar-refractivity contribution in [2.75, 3.05) is 0 Å². The number of rotatable bonds is 6. The number of hydrogen-bond donors (Lipinski definition) is 1. The predicted octanol–water partition coefficient (Wildman–Crippen LogP) is 4.55. The number of hydrogen-bond acceptors (Lipinski definition) is 7. The molecule has 34 heavy (non-hydrogen) atoms. The molecule has 0 bridgehead atoms. The first-order chi connectivity index (χ1) is 16.4. The minimum atomic E-state index is -2.89. The Balaban J connectivity index is 1.50. The Morgan fingerprint density at radius 2 is 1.88 bits per heavy atom. The number of amides is 1. The highest BCUT2D eigenvalue weighted by Crippen LogP contribution is 2.39. The Morgan fingerprint density at radius 1 is 1.09 bits per heavy atom. The van der Waals surface area contributed by atoms with Crippen LogP contribution in [0, 0.1) is 0 Å². The highest BCUT2D eigenvalue weighted by atomic mass is 35.5. The molecule has 2 atom stereocenters. The van der Waals surface area contributed by atoms with Crippen LogP contribution in [0.25, 0.3) is 11.5 Å². The zero-order valence-corrected chi connectivity index (χ0v) is 18.1. The maximum atomic E-state index is 13.5. The Kier molecular flexibility index (Phi) is 5.76. The number of fused-ring (bicyclic) bond motifs is 1. The Hall–Kier alpha value is -3.76. The van der Waals surface area contributed by atoms with Gasteiger partial charge in [-0.3, -0.25) is 14.8 Å². The van der Waals surface area contributed by atoms with Crippen LogP contribution in [0.4, 0.5) is 8.78 Å². The molecule has 1 aliphatic rings. The predicted molar refractivity (Wildman–Crippen MR) is 116 cm³/mol. The lowest BCUT2D eigenvalue weighted by atomic mass is 9.98. The first-order valence-electron chi connectivity index (χ1n) is 10.2. The summed E-state index contributed by atoms with van der Waals surface area (Å²) in [6.07, 6.45) is 0.473. The maximum Gasteiger partial charge on any atom is 0.314 e. The van der Waals surface area contributed by atoms with E-state index in [-0.39, 0.29) is 18.3 Å². The first-order valence-corrected chi connectivity index (χ1v) is 10.6. The third kappa shape index (κ3) is 4.02. The number of aliphatic hydroxyl groups excluding tert-OH is 1. The smallest absolute Gasteiger partial charge is 0.314 e. The molecule has 1 aliphatic heterocycles. The Morgan fingerprint density at radius 3 is 2.56 bits per heavy atom. The standard InChI is InChI=1S/C23H16ClF2N5O3/c24-15-5-3-12(4-6-15)19(32)18(17-10-27-7-8-28-17)31-11-14-2-1-13(9-16(14)23(31)33)21-29-30-22(34-21)20(25)26/h1-10,18-20,32H,11H2/t18-,19+/m1/s1. The van der Waals surface area contributed by atoms with Gasteiger partial charge >= 0.3 is 6.43 Å². The molecular formula is C23H16ClF2N5O3. The molecule has 0 saturated carbocycles. The van der Waals surface area contributed by atoms with Crippen LogP contribution < -0.4 is 0 Å². The van der Waals surface area contributed by atoms with Crippen molar-refractivity contribution in [2.24, 2.45) is 0 Å². The molecule has 2 aromatic carbocycles. The fourth-order valence-electron chi connectivity index (χ4n) is 3.92. The summed E-state index contributed by atoms with van der Waals surface area (Å²) in [6, 6.07) is 10.6. The molecule has 0 spiro atoms. The van der Waals surface area contributed by atoms with E-state index in [1.54, 1.807) is 36.4 Å². The van der Waals surface area contributed by atoms with Gasteiger partial charge in [0.1, 0.15) is 12.1 Å². The number of benzene rings is 2. The molecule has 1 N–H and O–H groups in total. The number of carbonyl (C=O) groups is 1. The van der Waals surface area contributed by atoms with Gasteiger partial charge < -0.3 is 14.4 Å². The molecule has 11 heteroatoms. The first kappa shape index (κ1) is 22.1. The zero-order valence-electron chi connectivity index (χ0n) is 17.3. The van der Waals surface area contributed by atoms with Gasteiger partial charge in [0.2, 0.25) is 5.89 Å². The topological polar surface area (TPSA) is 105 Å². The molecule has 0 saturated heterocycles. The molecule has 172 valence electrons. The zero-order chi connectivity index (χ0) is 23.8. The molecule has 4 aromatic rings. The highest BCUT2D eigenvalue weighted by Gasteiger charge is 2.39. The SMILES string of the molecule is O=C1c2cc(-c3nnc(C(F)F)o3)ccc2CN1[C@H](c1cnccn1)[C@@H](O)c1ccc(Cl)cc1. The fourth-order valence-corrected chi connectivity index (χ4v) is 4.04. The average molecular weight is 484 g/mol. The van der Waals surface area contributed by atoms with Crippen LogP contribution in [0.3, 0.4) is 0 Å². The molecule has 5 rings (SSSR count). The van der Waals surface area contributed by atoms with Crippen LogP contribution in [0.15, 0.2) is 65.5 Å². The van der Waals surface area contributed by atoms with E-state index >= 15 is 0 Å². The lowest BCUT2D eigenvalue weighted by molar-refractivity contribution is 0.0346. The summed E-state index contributed by atoms with van der Waals surface area (Å²) >= 11 is 5.98. The molecule has 0 unspecified atom stereocenters. The third-order valence-electron chi connectivity index (χ3n) is 5.55. The molecule has 2 aromatic heterocycles. The summed E-state index contributed by atoms with van der Waals surface area (Å²) in [5.41, 5.74) is 2.33. The second-order valence-electron chi connectivity index (χ2n) is 7.62. The van der Waals surface area contributed by atoms with Gasteiger partial charge in [-0.05, 0) is 35.4 Å². The Bertz CT molecular complexity index is 1330. The quantitative estimate of drug-likeness (QED) is 0.429. The van der Waals surface area contributed by atoms with E-state index in [4.69, 9.17) is 16.0 Å². The number of nitrogens with zero attached hydrogens (tertiary/aromatic N) is 5. The second kappa shape index (κ2) is 8.88. The molecule has 0 radical (unpaired) electrons. The lowest BCUT2D eigenvalue weighted by Crippen LogP contribution is -2.34. The van der Waals surface area contributed by atoms with Gasteiger partial charge in [-0.25, -0.2) is 0 Å². The molecule has 0 aliphatic carbocycles. The van der Waals surface area contributed by atoms with Crippen molar-refractivity contribution in [2.45, 2.75) is 25.1 Å². The van der Waals surface area contributed by atoms with Crippen molar-refractivity contribution in [1.82, 2.24) is 25.1 Å². The minimum Gasteiger partial charge on any atom is -0.415 e. The van der Waals surface area contributed by atoms with Gasteiger partial charge in [0.05, 0.1) is 11.9 Å². The molecule has 1 amide bonds. The minimum absolute atomic E-state index is 0.115. The van der Waals surface area contributed by atoms with Gasteiger partial charge in [0, 0.05) is 35.1 Å². The molecular weight excluding hydrogens is 468 g/mol. The Labute approximate surface area is 196 Å². The van der Waals surface area contributed by atoms with Gasteiger partial charge in [-0.15, -0.1) is 10.2 Å². The van der Waals surface area contributed by atoms with Crippen molar-refractivity contribution >= 4 is 17.5 Å². The summed E-state index contributed by atoms with van der Waals surface area (Å²) in [4.78, 5) is 23.4. The summed E-state index contributed by atoms with van der Waals surface area (Å²) in [7, 11) is 0. The van der Waals surface area contributed by atoms with E-state index in [0.29, 0.717) is 33.0 Å². The lowest BCUT2D eigenvalue weighted by Gasteiger charge is -2.31. The van der Waals surface area contributed by atoms with Crippen LogP contribution in [0.5, 0.6) is 0 Å². The number of halogens is 3. The van der Waals surface area contributed by atoms with Crippen molar-refractivity contribution in [3.05, 3.63) is 94.4 Å². The van der Waals surface area contributed by atoms with Gasteiger partial charge in [-0.2, -0.15) is 8.78 Å². The number of alkyl halides is 2. The second-order valence-corrected chi connectivity index (χ2v) is 8.06. The van der Waals surface area contributed by atoms with Gasteiger partial charge in [-0.1, -0.05) is 29.8 Å². The molecule has 3 heterocycles. The fraction of sp³-hybridized carbons (Fsp3) is 0.174. The van der Waals surface area contributed by atoms with E-state index in [1.165, 1.54) is 29.6 Å². The van der Waals surface area contributed by atoms with Crippen LogP contribution in [0.1, 0.15) is 51.6 Å². The summed E-state index contributed by atoms with van der Waals surface area (Å²) in [6.45, 7) is 0.201. The summed E-state index contributed by atoms with van der Waals surface area (Å²) < 4.78 is 30.6. The summed E-state index contributed by atoms with van der Waals surface area (Å²) in [5.74, 6) is -1.28. The van der Waals surface area contributed by atoms with Crippen LogP contribution in [0.2, 0.25) is 5.02 Å². The van der Waals surface area contributed by atoms with Crippen molar-refractivity contribution < 1.29 is 23.1 Å². The van der Waals surface area contributed by atoms with Gasteiger partial charge in [0.25, 0.3) is 11.8 Å². The monoisotopic (exact) mass is 483 g/mol. The van der Waals surface area contributed by atoms with E-state index in [1.807, 2.05) is 0 Å². The van der Waals surface area contributed by atoms with Crippen LogP contribution >= 0.6 is 11.6 Å². The van der Waals surface area contributed by atoms with E-state index in [9.17, 15) is 18.7 Å².